The van der Waals surface area contributed by atoms with Gasteiger partial charge in [0.15, 0.2) is 0 Å². The van der Waals surface area contributed by atoms with Crippen LogP contribution < -0.4 is 5.32 Å². The van der Waals surface area contributed by atoms with Gasteiger partial charge in [-0.3, -0.25) is 4.90 Å². The largest absolute Gasteiger partial charge is 0.313 e. The first-order valence-electron chi connectivity index (χ1n) is 8.82. The minimum atomic E-state index is 0.670. The third-order valence-electron chi connectivity index (χ3n) is 5.18. The molecular weight excluding hydrogens is 232 g/mol. The molecule has 1 aliphatic carbocycles. The molecule has 1 N–H and O–H groups in total. The van der Waals surface area contributed by atoms with Crippen LogP contribution in [0.25, 0.3) is 0 Å². The molecule has 2 aliphatic rings. The maximum atomic E-state index is 3.75. The second-order valence-corrected chi connectivity index (χ2v) is 6.69. The third kappa shape index (κ3) is 4.46. The normalized spacial score (nSPS) is 29.1. The van der Waals surface area contributed by atoms with Crippen LogP contribution in [0, 0.1) is 0 Å². The Bertz CT molecular complexity index is 233. The maximum Gasteiger partial charge on any atom is 0.0249 e. The average Bonchev–Trinajstić information content (AvgIpc) is 2.73. The molecule has 1 aliphatic heterocycles. The lowest BCUT2D eigenvalue weighted by molar-refractivity contribution is 0.0650. The van der Waals surface area contributed by atoms with Gasteiger partial charge in [0.2, 0.25) is 0 Å². The number of hydrogen-bond donors (Lipinski definition) is 1. The Balaban J connectivity index is 1.93. The van der Waals surface area contributed by atoms with E-state index in [1.165, 1.54) is 77.3 Å². The molecule has 2 unspecified atom stereocenters. The summed E-state index contributed by atoms with van der Waals surface area (Å²) >= 11 is 0. The highest BCUT2D eigenvalue weighted by Crippen LogP contribution is 2.29. The van der Waals surface area contributed by atoms with E-state index in [9.17, 15) is 0 Å². The number of nitrogens with zero attached hydrogens (tertiary/aromatic N) is 1. The van der Waals surface area contributed by atoms with Crippen LogP contribution in [0.15, 0.2) is 0 Å². The van der Waals surface area contributed by atoms with Crippen molar-refractivity contribution < 1.29 is 0 Å². The van der Waals surface area contributed by atoms with Crippen LogP contribution >= 0.6 is 0 Å². The van der Waals surface area contributed by atoms with Crippen LogP contribution in [-0.4, -0.2) is 36.1 Å². The lowest BCUT2D eigenvalue weighted by Crippen LogP contribution is -2.54. The number of rotatable bonds is 5. The molecule has 0 spiro atoms. The first kappa shape index (κ1) is 15.3. The third-order valence-corrected chi connectivity index (χ3v) is 5.18. The molecule has 2 nitrogen and oxygen atoms in total. The van der Waals surface area contributed by atoms with E-state index in [2.05, 4.69) is 24.1 Å². The molecule has 2 atom stereocenters. The molecule has 19 heavy (non-hydrogen) atoms. The van der Waals surface area contributed by atoms with Crippen molar-refractivity contribution in [3.63, 3.8) is 0 Å². The quantitative estimate of drug-likeness (QED) is 0.758. The van der Waals surface area contributed by atoms with Crippen LogP contribution in [-0.2, 0) is 0 Å². The minimum absolute atomic E-state index is 0.670. The molecule has 1 saturated carbocycles. The zero-order valence-corrected chi connectivity index (χ0v) is 13.2. The Kier molecular flexibility index (Phi) is 6.66. The van der Waals surface area contributed by atoms with Crippen molar-refractivity contribution in [2.45, 2.75) is 96.2 Å². The fourth-order valence-electron chi connectivity index (χ4n) is 4.07. The number of likely N-dealkylation sites (tertiary alicyclic amines) is 1. The summed E-state index contributed by atoms with van der Waals surface area (Å²) in [6, 6.07) is 2.35. The SMILES string of the molecule is CCCNC(C)C1CCCCN1C1CCCCCC1. The standard InChI is InChI=1S/C17H34N2/c1-3-13-18-15(2)17-12-8-9-14-19(17)16-10-6-4-5-7-11-16/h15-18H,3-14H2,1-2H3. The van der Waals surface area contributed by atoms with Gasteiger partial charge in [-0.05, 0) is 52.1 Å². The average molecular weight is 266 g/mol. The van der Waals surface area contributed by atoms with Crippen molar-refractivity contribution >= 4 is 0 Å². The van der Waals surface area contributed by atoms with Gasteiger partial charge in [-0.25, -0.2) is 0 Å². The summed E-state index contributed by atoms with van der Waals surface area (Å²) < 4.78 is 0. The van der Waals surface area contributed by atoms with Crippen LogP contribution in [0.4, 0.5) is 0 Å². The summed E-state index contributed by atoms with van der Waals surface area (Å²) in [5.41, 5.74) is 0. The minimum Gasteiger partial charge on any atom is -0.313 e. The van der Waals surface area contributed by atoms with E-state index in [1.807, 2.05) is 0 Å². The molecule has 1 saturated heterocycles. The summed E-state index contributed by atoms with van der Waals surface area (Å²) in [7, 11) is 0. The van der Waals surface area contributed by atoms with E-state index in [0.717, 1.165) is 12.1 Å². The van der Waals surface area contributed by atoms with E-state index < -0.39 is 0 Å². The van der Waals surface area contributed by atoms with Gasteiger partial charge in [0.05, 0.1) is 0 Å². The molecule has 2 fully saturated rings. The van der Waals surface area contributed by atoms with Gasteiger partial charge in [-0.15, -0.1) is 0 Å². The van der Waals surface area contributed by atoms with Gasteiger partial charge in [-0.2, -0.15) is 0 Å². The summed E-state index contributed by atoms with van der Waals surface area (Å²) in [4.78, 5) is 2.89. The van der Waals surface area contributed by atoms with E-state index in [0.29, 0.717) is 6.04 Å². The lowest BCUT2D eigenvalue weighted by Gasteiger charge is -2.44. The van der Waals surface area contributed by atoms with Crippen molar-refractivity contribution in [1.29, 1.82) is 0 Å². The summed E-state index contributed by atoms with van der Waals surface area (Å²) in [6.45, 7) is 7.21. The molecule has 112 valence electrons. The smallest absolute Gasteiger partial charge is 0.0249 e. The van der Waals surface area contributed by atoms with Crippen molar-refractivity contribution in [3.05, 3.63) is 0 Å². The molecule has 2 rings (SSSR count). The van der Waals surface area contributed by atoms with E-state index in [4.69, 9.17) is 0 Å². The number of piperidine rings is 1. The molecule has 0 aromatic heterocycles. The molecule has 0 amide bonds. The van der Waals surface area contributed by atoms with Gasteiger partial charge in [-0.1, -0.05) is 39.0 Å². The molecule has 1 heterocycles. The topological polar surface area (TPSA) is 15.3 Å². The second-order valence-electron chi connectivity index (χ2n) is 6.69. The fourth-order valence-corrected chi connectivity index (χ4v) is 4.07. The highest BCUT2D eigenvalue weighted by molar-refractivity contribution is 4.89. The number of nitrogens with one attached hydrogen (secondary N) is 1. The van der Waals surface area contributed by atoms with Crippen molar-refractivity contribution in [2.75, 3.05) is 13.1 Å². The predicted molar refractivity (Wildman–Crippen MR) is 83.6 cm³/mol. The summed E-state index contributed by atoms with van der Waals surface area (Å²) in [5.74, 6) is 0. The van der Waals surface area contributed by atoms with Crippen molar-refractivity contribution in [3.8, 4) is 0 Å². The van der Waals surface area contributed by atoms with E-state index in [-0.39, 0.29) is 0 Å². The van der Waals surface area contributed by atoms with Crippen LogP contribution in [0.2, 0.25) is 0 Å². The van der Waals surface area contributed by atoms with Crippen molar-refractivity contribution in [1.82, 2.24) is 10.2 Å². The predicted octanol–water partition coefficient (Wildman–Crippen LogP) is 3.95. The Morgan fingerprint density at radius 1 is 1.00 bits per heavy atom. The molecule has 0 aromatic rings. The molecule has 0 radical (unpaired) electrons. The van der Waals surface area contributed by atoms with Gasteiger partial charge in [0.1, 0.15) is 0 Å². The van der Waals surface area contributed by atoms with Gasteiger partial charge >= 0.3 is 0 Å². The Labute approximate surface area is 120 Å². The van der Waals surface area contributed by atoms with Crippen LogP contribution in [0.1, 0.15) is 78.1 Å². The van der Waals surface area contributed by atoms with Gasteiger partial charge in [0, 0.05) is 18.1 Å². The zero-order chi connectivity index (χ0) is 13.5. The fraction of sp³-hybridized carbons (Fsp3) is 1.00. The maximum absolute atomic E-state index is 3.75. The molecule has 0 aromatic carbocycles. The Morgan fingerprint density at radius 2 is 1.68 bits per heavy atom. The summed E-state index contributed by atoms with van der Waals surface area (Å²) in [6.07, 6.45) is 14.3. The first-order valence-corrected chi connectivity index (χ1v) is 8.82. The molecular formula is C17H34N2. The van der Waals surface area contributed by atoms with E-state index >= 15 is 0 Å². The van der Waals surface area contributed by atoms with Crippen LogP contribution in [0.3, 0.4) is 0 Å². The Hall–Kier alpha value is -0.0800. The zero-order valence-electron chi connectivity index (χ0n) is 13.2. The number of hydrogen-bond acceptors (Lipinski definition) is 2. The van der Waals surface area contributed by atoms with E-state index in [1.54, 1.807) is 0 Å². The highest BCUT2D eigenvalue weighted by atomic mass is 15.2. The monoisotopic (exact) mass is 266 g/mol. The summed E-state index contributed by atoms with van der Waals surface area (Å²) in [5, 5.41) is 3.75. The molecule has 2 heteroatoms. The second kappa shape index (κ2) is 8.26. The van der Waals surface area contributed by atoms with Crippen molar-refractivity contribution in [2.24, 2.45) is 0 Å². The molecule has 0 bridgehead atoms. The van der Waals surface area contributed by atoms with Gasteiger partial charge < -0.3 is 5.32 Å². The Morgan fingerprint density at radius 3 is 2.37 bits per heavy atom. The van der Waals surface area contributed by atoms with Crippen LogP contribution in [0.5, 0.6) is 0 Å². The van der Waals surface area contributed by atoms with Gasteiger partial charge in [0.25, 0.3) is 0 Å². The highest BCUT2D eigenvalue weighted by Gasteiger charge is 2.32. The first-order chi connectivity index (χ1) is 9.33. The lowest BCUT2D eigenvalue weighted by atomic mass is 9.92.